The SMILES string of the molecule is CNC(c1ccc(OC)cc1)C(C)N1CCCC(C)(C)C1. The third kappa shape index (κ3) is 3.98. The predicted octanol–water partition coefficient (Wildman–Crippen LogP) is 3.47. The highest BCUT2D eigenvalue weighted by molar-refractivity contribution is 5.29. The van der Waals surface area contributed by atoms with Gasteiger partial charge in [0.15, 0.2) is 0 Å². The Kier molecular flexibility index (Phi) is 5.28. The van der Waals surface area contributed by atoms with Crippen molar-refractivity contribution in [3.8, 4) is 5.75 Å². The lowest BCUT2D eigenvalue weighted by atomic mass is 9.83. The van der Waals surface area contributed by atoms with Crippen molar-refractivity contribution in [1.29, 1.82) is 0 Å². The van der Waals surface area contributed by atoms with E-state index >= 15 is 0 Å². The molecule has 118 valence electrons. The van der Waals surface area contributed by atoms with Crippen LogP contribution in [0.5, 0.6) is 5.75 Å². The quantitative estimate of drug-likeness (QED) is 0.898. The number of hydrogen-bond acceptors (Lipinski definition) is 3. The fourth-order valence-corrected chi connectivity index (χ4v) is 3.52. The van der Waals surface area contributed by atoms with E-state index in [1.807, 2.05) is 12.1 Å². The normalized spacial score (nSPS) is 21.8. The first-order valence-corrected chi connectivity index (χ1v) is 8.02. The molecule has 0 saturated carbocycles. The van der Waals surface area contributed by atoms with Gasteiger partial charge in [0, 0.05) is 18.6 Å². The predicted molar refractivity (Wildman–Crippen MR) is 88.8 cm³/mol. The van der Waals surface area contributed by atoms with Gasteiger partial charge >= 0.3 is 0 Å². The van der Waals surface area contributed by atoms with Crippen LogP contribution in [-0.4, -0.2) is 38.2 Å². The molecule has 0 aliphatic carbocycles. The molecule has 1 N–H and O–H groups in total. The molecule has 1 aromatic rings. The minimum Gasteiger partial charge on any atom is -0.497 e. The Hall–Kier alpha value is -1.06. The molecule has 2 atom stereocenters. The van der Waals surface area contributed by atoms with Gasteiger partial charge in [-0.15, -0.1) is 0 Å². The molecule has 0 spiro atoms. The highest BCUT2D eigenvalue weighted by atomic mass is 16.5. The Labute approximate surface area is 129 Å². The van der Waals surface area contributed by atoms with Gasteiger partial charge in [-0.1, -0.05) is 26.0 Å². The summed E-state index contributed by atoms with van der Waals surface area (Å²) in [5, 5.41) is 3.50. The van der Waals surface area contributed by atoms with E-state index in [0.717, 1.165) is 5.75 Å². The van der Waals surface area contributed by atoms with Gasteiger partial charge < -0.3 is 10.1 Å². The molecule has 0 aromatic heterocycles. The van der Waals surface area contributed by atoms with E-state index in [1.165, 1.54) is 31.5 Å². The summed E-state index contributed by atoms with van der Waals surface area (Å²) in [6.07, 6.45) is 2.64. The van der Waals surface area contributed by atoms with Gasteiger partial charge in [-0.3, -0.25) is 4.90 Å². The van der Waals surface area contributed by atoms with Crippen LogP contribution in [0, 0.1) is 5.41 Å². The first-order chi connectivity index (χ1) is 9.96. The zero-order valence-corrected chi connectivity index (χ0v) is 14.1. The molecule has 2 rings (SSSR count). The van der Waals surface area contributed by atoms with E-state index in [0.29, 0.717) is 17.5 Å². The number of nitrogens with zero attached hydrogens (tertiary/aromatic N) is 1. The Bertz CT molecular complexity index is 441. The summed E-state index contributed by atoms with van der Waals surface area (Å²) in [5.74, 6) is 0.917. The van der Waals surface area contributed by atoms with Crippen molar-refractivity contribution in [3.05, 3.63) is 29.8 Å². The minimum atomic E-state index is 0.352. The van der Waals surface area contributed by atoms with Crippen molar-refractivity contribution in [2.75, 3.05) is 27.2 Å². The van der Waals surface area contributed by atoms with Crippen LogP contribution in [0.2, 0.25) is 0 Å². The molecular weight excluding hydrogens is 260 g/mol. The van der Waals surface area contributed by atoms with Crippen LogP contribution in [-0.2, 0) is 0 Å². The van der Waals surface area contributed by atoms with Crippen LogP contribution in [0.1, 0.15) is 45.2 Å². The van der Waals surface area contributed by atoms with Crippen molar-refractivity contribution in [1.82, 2.24) is 10.2 Å². The van der Waals surface area contributed by atoms with Gasteiger partial charge in [0.1, 0.15) is 5.75 Å². The fourth-order valence-electron chi connectivity index (χ4n) is 3.52. The Morgan fingerprint density at radius 2 is 1.90 bits per heavy atom. The number of benzene rings is 1. The Balaban J connectivity index is 2.11. The number of piperidine rings is 1. The Morgan fingerprint density at radius 3 is 2.43 bits per heavy atom. The van der Waals surface area contributed by atoms with Crippen LogP contribution in [0.15, 0.2) is 24.3 Å². The summed E-state index contributed by atoms with van der Waals surface area (Å²) in [5.41, 5.74) is 1.76. The Morgan fingerprint density at radius 1 is 1.24 bits per heavy atom. The lowest BCUT2D eigenvalue weighted by molar-refractivity contribution is 0.0693. The topological polar surface area (TPSA) is 24.5 Å². The summed E-state index contributed by atoms with van der Waals surface area (Å²) >= 11 is 0. The second-order valence-electron chi connectivity index (χ2n) is 7.02. The first-order valence-electron chi connectivity index (χ1n) is 8.02. The monoisotopic (exact) mass is 290 g/mol. The molecule has 0 amide bonds. The number of methoxy groups -OCH3 is 1. The molecule has 0 radical (unpaired) electrons. The minimum absolute atomic E-state index is 0.352. The van der Waals surface area contributed by atoms with E-state index < -0.39 is 0 Å². The second-order valence-corrected chi connectivity index (χ2v) is 7.02. The van der Waals surface area contributed by atoms with Gasteiger partial charge in [0.25, 0.3) is 0 Å². The largest absolute Gasteiger partial charge is 0.497 e. The summed E-state index contributed by atoms with van der Waals surface area (Å²) in [6, 6.07) is 9.28. The number of nitrogens with one attached hydrogen (secondary N) is 1. The molecule has 1 saturated heterocycles. The van der Waals surface area contributed by atoms with Crippen molar-refractivity contribution in [2.24, 2.45) is 5.41 Å². The van der Waals surface area contributed by atoms with Gasteiger partial charge in [-0.25, -0.2) is 0 Å². The van der Waals surface area contributed by atoms with E-state index in [1.54, 1.807) is 7.11 Å². The third-order valence-electron chi connectivity index (χ3n) is 4.77. The molecule has 1 aromatic carbocycles. The van der Waals surface area contributed by atoms with E-state index in [2.05, 4.69) is 50.2 Å². The number of likely N-dealkylation sites (N-methyl/N-ethyl adjacent to an activating group) is 1. The van der Waals surface area contributed by atoms with Crippen LogP contribution in [0.25, 0.3) is 0 Å². The molecule has 21 heavy (non-hydrogen) atoms. The van der Waals surface area contributed by atoms with Crippen LogP contribution >= 0.6 is 0 Å². The second kappa shape index (κ2) is 6.80. The first kappa shape index (κ1) is 16.3. The number of ether oxygens (including phenoxy) is 1. The molecule has 3 heteroatoms. The molecule has 1 heterocycles. The summed E-state index contributed by atoms with van der Waals surface area (Å²) < 4.78 is 5.26. The van der Waals surface area contributed by atoms with Gasteiger partial charge in [-0.05, 0) is 56.5 Å². The third-order valence-corrected chi connectivity index (χ3v) is 4.77. The summed E-state index contributed by atoms with van der Waals surface area (Å²) in [6.45, 7) is 9.50. The standard InChI is InChI=1S/C18H30N2O/c1-14(20-12-6-11-18(2,3)13-20)17(19-4)15-7-9-16(21-5)10-8-15/h7-10,14,17,19H,6,11-13H2,1-5H3. The van der Waals surface area contributed by atoms with Crippen LogP contribution < -0.4 is 10.1 Å². The number of rotatable bonds is 5. The van der Waals surface area contributed by atoms with Gasteiger partial charge in [0.2, 0.25) is 0 Å². The molecular formula is C18H30N2O. The fraction of sp³-hybridized carbons (Fsp3) is 0.667. The molecule has 3 nitrogen and oxygen atoms in total. The average molecular weight is 290 g/mol. The zero-order valence-electron chi connectivity index (χ0n) is 14.1. The highest BCUT2D eigenvalue weighted by Crippen LogP contribution is 2.32. The summed E-state index contributed by atoms with van der Waals surface area (Å²) in [4.78, 5) is 2.63. The smallest absolute Gasteiger partial charge is 0.118 e. The average Bonchev–Trinajstić information content (AvgIpc) is 2.47. The van der Waals surface area contributed by atoms with E-state index in [-0.39, 0.29) is 0 Å². The molecule has 1 aliphatic rings. The molecule has 0 bridgehead atoms. The van der Waals surface area contributed by atoms with Crippen molar-refractivity contribution in [3.63, 3.8) is 0 Å². The maximum Gasteiger partial charge on any atom is 0.118 e. The molecule has 1 aliphatic heterocycles. The van der Waals surface area contributed by atoms with Crippen LogP contribution in [0.4, 0.5) is 0 Å². The zero-order chi connectivity index (χ0) is 15.5. The number of likely N-dealkylation sites (tertiary alicyclic amines) is 1. The number of hydrogen-bond donors (Lipinski definition) is 1. The maximum atomic E-state index is 5.26. The van der Waals surface area contributed by atoms with E-state index in [9.17, 15) is 0 Å². The van der Waals surface area contributed by atoms with Gasteiger partial charge in [-0.2, -0.15) is 0 Å². The lowest BCUT2D eigenvalue weighted by Gasteiger charge is -2.43. The maximum absolute atomic E-state index is 5.26. The summed E-state index contributed by atoms with van der Waals surface area (Å²) in [7, 11) is 3.77. The van der Waals surface area contributed by atoms with Crippen molar-refractivity contribution < 1.29 is 4.74 Å². The highest BCUT2D eigenvalue weighted by Gasteiger charge is 2.32. The van der Waals surface area contributed by atoms with Crippen LogP contribution in [0.3, 0.4) is 0 Å². The molecule has 1 fully saturated rings. The lowest BCUT2D eigenvalue weighted by Crippen LogP contribution is -2.49. The molecule has 2 unspecified atom stereocenters. The van der Waals surface area contributed by atoms with Gasteiger partial charge in [0.05, 0.1) is 7.11 Å². The van der Waals surface area contributed by atoms with E-state index in [4.69, 9.17) is 4.74 Å². The van der Waals surface area contributed by atoms with Crippen molar-refractivity contribution in [2.45, 2.75) is 45.7 Å². The van der Waals surface area contributed by atoms with Crippen molar-refractivity contribution >= 4 is 0 Å².